The first-order valence-electron chi connectivity index (χ1n) is 6.52. The lowest BCUT2D eigenvalue weighted by atomic mass is 10.0. The van der Waals surface area contributed by atoms with Gasteiger partial charge in [0.25, 0.3) is 0 Å². The standard InChI is InChI=1S/C17H13NO3/c19-17(20)11-21-15-6-3-12(4-7-15)13-5-8-16-14(10-13)2-1-9-18-16/h1-10H,11H2,(H,19,20). The molecule has 0 spiro atoms. The molecule has 0 aliphatic carbocycles. The maximum Gasteiger partial charge on any atom is 0.341 e. The number of carboxylic acids is 1. The fourth-order valence-electron chi connectivity index (χ4n) is 2.14. The van der Waals surface area contributed by atoms with Crippen LogP contribution >= 0.6 is 0 Å². The minimum atomic E-state index is -0.985. The molecule has 0 fully saturated rings. The summed E-state index contributed by atoms with van der Waals surface area (Å²) in [5.41, 5.74) is 3.09. The van der Waals surface area contributed by atoms with Crippen molar-refractivity contribution in [1.29, 1.82) is 0 Å². The fraction of sp³-hybridized carbons (Fsp3) is 0.0588. The van der Waals surface area contributed by atoms with Crippen molar-refractivity contribution in [2.45, 2.75) is 0 Å². The van der Waals surface area contributed by atoms with Gasteiger partial charge in [0.05, 0.1) is 5.52 Å². The molecule has 2 aromatic carbocycles. The first kappa shape index (κ1) is 13.1. The molecule has 0 aliphatic heterocycles. The maximum absolute atomic E-state index is 10.5. The topological polar surface area (TPSA) is 59.4 Å². The van der Waals surface area contributed by atoms with Crippen LogP contribution in [0.25, 0.3) is 22.0 Å². The number of hydrogen-bond acceptors (Lipinski definition) is 3. The van der Waals surface area contributed by atoms with Crippen molar-refractivity contribution in [2.24, 2.45) is 0 Å². The summed E-state index contributed by atoms with van der Waals surface area (Å²) in [6.07, 6.45) is 1.77. The van der Waals surface area contributed by atoms with Crippen LogP contribution in [-0.4, -0.2) is 22.7 Å². The quantitative estimate of drug-likeness (QED) is 0.795. The third-order valence-electron chi connectivity index (χ3n) is 3.15. The van der Waals surface area contributed by atoms with Crippen molar-refractivity contribution in [3.63, 3.8) is 0 Å². The lowest BCUT2D eigenvalue weighted by Crippen LogP contribution is -2.09. The first-order chi connectivity index (χ1) is 10.2. The normalized spacial score (nSPS) is 10.5. The molecule has 21 heavy (non-hydrogen) atoms. The van der Waals surface area contributed by atoms with Gasteiger partial charge in [-0.3, -0.25) is 4.98 Å². The molecule has 0 unspecified atom stereocenters. The van der Waals surface area contributed by atoms with E-state index in [4.69, 9.17) is 9.84 Å². The molecule has 1 aromatic heterocycles. The second kappa shape index (κ2) is 5.63. The van der Waals surface area contributed by atoms with Crippen LogP contribution in [0, 0.1) is 0 Å². The first-order valence-corrected chi connectivity index (χ1v) is 6.52. The number of rotatable bonds is 4. The highest BCUT2D eigenvalue weighted by atomic mass is 16.5. The van der Waals surface area contributed by atoms with E-state index in [-0.39, 0.29) is 6.61 Å². The highest BCUT2D eigenvalue weighted by Crippen LogP contribution is 2.25. The van der Waals surface area contributed by atoms with Gasteiger partial charge in [-0.05, 0) is 41.5 Å². The Hall–Kier alpha value is -2.88. The number of aliphatic carboxylic acids is 1. The molecule has 4 nitrogen and oxygen atoms in total. The van der Waals surface area contributed by atoms with Crippen molar-refractivity contribution >= 4 is 16.9 Å². The number of fused-ring (bicyclic) bond motifs is 1. The van der Waals surface area contributed by atoms with Crippen LogP contribution in [0.15, 0.2) is 60.8 Å². The summed E-state index contributed by atoms with van der Waals surface area (Å²) in [5, 5.41) is 9.66. The van der Waals surface area contributed by atoms with Gasteiger partial charge >= 0.3 is 5.97 Å². The average molecular weight is 279 g/mol. The van der Waals surface area contributed by atoms with E-state index in [1.807, 2.05) is 36.4 Å². The van der Waals surface area contributed by atoms with Crippen molar-refractivity contribution in [3.05, 3.63) is 60.8 Å². The Labute approximate surface area is 121 Å². The molecule has 0 amide bonds. The highest BCUT2D eigenvalue weighted by molar-refractivity contribution is 5.84. The number of carbonyl (C=O) groups is 1. The number of aromatic nitrogens is 1. The van der Waals surface area contributed by atoms with Gasteiger partial charge in [0.15, 0.2) is 6.61 Å². The number of pyridine rings is 1. The molecule has 1 N–H and O–H groups in total. The molecule has 0 saturated carbocycles. The molecule has 4 heteroatoms. The molecule has 0 radical (unpaired) electrons. The molecule has 3 aromatic rings. The minimum absolute atomic E-state index is 0.332. The number of nitrogens with zero attached hydrogens (tertiary/aromatic N) is 1. The SMILES string of the molecule is O=C(O)COc1ccc(-c2ccc3ncccc3c2)cc1. The Morgan fingerprint density at radius 1 is 1.05 bits per heavy atom. The molecule has 0 atom stereocenters. The lowest BCUT2D eigenvalue weighted by molar-refractivity contribution is -0.139. The van der Waals surface area contributed by atoms with Crippen LogP contribution in [0.4, 0.5) is 0 Å². The van der Waals surface area contributed by atoms with E-state index in [0.29, 0.717) is 5.75 Å². The summed E-state index contributed by atoms with van der Waals surface area (Å²) in [6, 6.07) is 17.4. The lowest BCUT2D eigenvalue weighted by Gasteiger charge is -2.06. The summed E-state index contributed by atoms with van der Waals surface area (Å²) < 4.78 is 5.12. The van der Waals surface area contributed by atoms with Crippen molar-refractivity contribution < 1.29 is 14.6 Å². The van der Waals surface area contributed by atoms with Gasteiger partial charge in [0.1, 0.15) is 5.75 Å². The molecule has 104 valence electrons. The van der Waals surface area contributed by atoms with Gasteiger partial charge in [-0.15, -0.1) is 0 Å². The second-order valence-corrected chi connectivity index (χ2v) is 4.62. The van der Waals surface area contributed by atoms with E-state index < -0.39 is 5.97 Å². The van der Waals surface area contributed by atoms with Crippen molar-refractivity contribution in [3.8, 4) is 16.9 Å². The summed E-state index contributed by atoms with van der Waals surface area (Å²) in [6.45, 7) is -0.332. The zero-order valence-electron chi connectivity index (χ0n) is 11.2. The zero-order valence-corrected chi connectivity index (χ0v) is 11.2. The predicted octanol–water partition coefficient (Wildman–Crippen LogP) is 3.37. The molecule has 0 aliphatic rings. The van der Waals surface area contributed by atoms with Crippen molar-refractivity contribution in [1.82, 2.24) is 4.98 Å². The maximum atomic E-state index is 10.5. The Morgan fingerprint density at radius 3 is 2.57 bits per heavy atom. The fourth-order valence-corrected chi connectivity index (χ4v) is 2.14. The number of carboxylic acid groups (broad SMARTS) is 1. The third-order valence-corrected chi connectivity index (χ3v) is 3.15. The Bertz CT molecular complexity index is 781. The summed E-state index contributed by atoms with van der Waals surface area (Å²) in [5.74, 6) is -0.440. The molecule has 1 heterocycles. The highest BCUT2D eigenvalue weighted by Gasteiger charge is 2.02. The number of benzene rings is 2. The molecule has 3 rings (SSSR count). The minimum Gasteiger partial charge on any atom is -0.482 e. The van der Waals surface area contributed by atoms with Crippen LogP contribution in [-0.2, 0) is 4.79 Å². The van der Waals surface area contributed by atoms with Gasteiger partial charge in [-0.1, -0.05) is 24.3 Å². The van der Waals surface area contributed by atoms with E-state index in [1.165, 1.54) is 0 Å². The van der Waals surface area contributed by atoms with E-state index in [2.05, 4.69) is 11.1 Å². The molecule has 0 bridgehead atoms. The summed E-state index contributed by atoms with van der Waals surface area (Å²) >= 11 is 0. The van der Waals surface area contributed by atoms with Gasteiger partial charge in [0.2, 0.25) is 0 Å². The average Bonchev–Trinajstić information content (AvgIpc) is 2.53. The number of ether oxygens (including phenoxy) is 1. The van der Waals surface area contributed by atoms with Crippen LogP contribution in [0.2, 0.25) is 0 Å². The van der Waals surface area contributed by atoms with E-state index in [9.17, 15) is 4.79 Å². The second-order valence-electron chi connectivity index (χ2n) is 4.62. The zero-order chi connectivity index (χ0) is 14.7. The van der Waals surface area contributed by atoms with Gasteiger partial charge in [-0.25, -0.2) is 4.79 Å². The predicted molar refractivity (Wildman–Crippen MR) is 80.3 cm³/mol. The Morgan fingerprint density at radius 2 is 1.81 bits per heavy atom. The smallest absolute Gasteiger partial charge is 0.341 e. The summed E-state index contributed by atoms with van der Waals surface area (Å²) in [7, 11) is 0. The largest absolute Gasteiger partial charge is 0.482 e. The monoisotopic (exact) mass is 279 g/mol. The number of hydrogen-bond donors (Lipinski definition) is 1. The van der Waals surface area contributed by atoms with E-state index in [0.717, 1.165) is 22.0 Å². The van der Waals surface area contributed by atoms with Crippen molar-refractivity contribution in [2.75, 3.05) is 6.61 Å². The van der Waals surface area contributed by atoms with Crippen LogP contribution < -0.4 is 4.74 Å². The van der Waals surface area contributed by atoms with Crippen LogP contribution in [0.1, 0.15) is 0 Å². The van der Waals surface area contributed by atoms with Crippen LogP contribution in [0.3, 0.4) is 0 Å². The van der Waals surface area contributed by atoms with E-state index >= 15 is 0 Å². The van der Waals surface area contributed by atoms with Crippen LogP contribution in [0.5, 0.6) is 5.75 Å². The van der Waals surface area contributed by atoms with Gasteiger partial charge in [-0.2, -0.15) is 0 Å². The molecular weight excluding hydrogens is 266 g/mol. The van der Waals surface area contributed by atoms with E-state index in [1.54, 1.807) is 18.3 Å². The molecular formula is C17H13NO3. The molecule has 0 saturated heterocycles. The Kier molecular flexibility index (Phi) is 3.51. The Balaban J connectivity index is 1.86. The third kappa shape index (κ3) is 3.00. The van der Waals surface area contributed by atoms with Gasteiger partial charge < -0.3 is 9.84 Å². The summed E-state index contributed by atoms with van der Waals surface area (Å²) in [4.78, 5) is 14.7. The van der Waals surface area contributed by atoms with Gasteiger partial charge in [0, 0.05) is 11.6 Å².